The molecule has 1 atom stereocenters. The standard InChI is InChI=1S/C15H18N4O3S/c1-8-12(13(14(16)20)19-18-8)17-15(21)9(2)23-11-6-4-10(22-3)5-7-11/h4-7,9H,1-3H3,(H2,16,20)(H,17,21)(H,18,19). The lowest BCUT2D eigenvalue weighted by Crippen LogP contribution is -2.24. The second kappa shape index (κ2) is 7.19. The minimum Gasteiger partial charge on any atom is -0.497 e. The van der Waals surface area contributed by atoms with Gasteiger partial charge in [-0.1, -0.05) is 0 Å². The number of ether oxygens (including phenoxy) is 1. The molecule has 0 aliphatic rings. The number of nitrogens with two attached hydrogens (primary N) is 1. The van der Waals surface area contributed by atoms with Gasteiger partial charge < -0.3 is 15.8 Å². The summed E-state index contributed by atoms with van der Waals surface area (Å²) in [7, 11) is 1.60. The number of aromatic amines is 1. The van der Waals surface area contributed by atoms with Crippen molar-refractivity contribution < 1.29 is 14.3 Å². The monoisotopic (exact) mass is 334 g/mol. The maximum Gasteiger partial charge on any atom is 0.271 e. The van der Waals surface area contributed by atoms with Crippen LogP contribution in [-0.2, 0) is 4.79 Å². The largest absolute Gasteiger partial charge is 0.497 e. The highest BCUT2D eigenvalue weighted by atomic mass is 32.2. The quantitative estimate of drug-likeness (QED) is 0.699. The van der Waals surface area contributed by atoms with Gasteiger partial charge >= 0.3 is 0 Å². The first-order valence-corrected chi connectivity index (χ1v) is 7.76. The number of nitrogens with zero attached hydrogens (tertiary/aromatic N) is 1. The van der Waals surface area contributed by atoms with Crippen LogP contribution in [0.4, 0.5) is 5.69 Å². The molecule has 2 rings (SSSR count). The van der Waals surface area contributed by atoms with Crippen LogP contribution in [0.2, 0.25) is 0 Å². The molecule has 0 radical (unpaired) electrons. The van der Waals surface area contributed by atoms with Gasteiger partial charge in [0, 0.05) is 4.90 Å². The molecular formula is C15H18N4O3S. The zero-order valence-electron chi connectivity index (χ0n) is 13.0. The molecule has 0 spiro atoms. The van der Waals surface area contributed by atoms with E-state index in [0.717, 1.165) is 10.6 Å². The molecular weight excluding hydrogens is 316 g/mol. The lowest BCUT2D eigenvalue weighted by molar-refractivity contribution is -0.115. The number of hydrogen-bond donors (Lipinski definition) is 3. The number of carbonyl (C=O) groups excluding carboxylic acids is 2. The number of amides is 2. The number of methoxy groups -OCH3 is 1. The molecule has 0 saturated carbocycles. The molecule has 0 aliphatic heterocycles. The summed E-state index contributed by atoms with van der Waals surface area (Å²) in [5.74, 6) is -0.176. The Balaban J connectivity index is 2.05. The van der Waals surface area contributed by atoms with Crippen LogP contribution in [0.3, 0.4) is 0 Å². The third-order valence-electron chi connectivity index (χ3n) is 3.17. The van der Waals surface area contributed by atoms with Crippen LogP contribution in [0.5, 0.6) is 5.75 Å². The van der Waals surface area contributed by atoms with Gasteiger partial charge in [-0.2, -0.15) is 5.10 Å². The molecule has 23 heavy (non-hydrogen) atoms. The third-order valence-corrected chi connectivity index (χ3v) is 4.28. The Hall–Kier alpha value is -2.48. The number of anilines is 1. The summed E-state index contributed by atoms with van der Waals surface area (Å²) < 4.78 is 5.10. The number of thioether (sulfide) groups is 1. The van der Waals surface area contributed by atoms with E-state index in [1.54, 1.807) is 21.0 Å². The zero-order chi connectivity index (χ0) is 17.0. The van der Waals surface area contributed by atoms with Gasteiger partial charge in [-0.3, -0.25) is 14.7 Å². The van der Waals surface area contributed by atoms with Crippen LogP contribution in [0, 0.1) is 6.92 Å². The van der Waals surface area contributed by atoms with Gasteiger partial charge in [0.15, 0.2) is 5.69 Å². The summed E-state index contributed by atoms with van der Waals surface area (Å²) in [6.45, 7) is 3.49. The van der Waals surface area contributed by atoms with E-state index in [0.29, 0.717) is 11.4 Å². The number of benzene rings is 1. The molecule has 0 bridgehead atoms. The fourth-order valence-electron chi connectivity index (χ4n) is 1.90. The van der Waals surface area contributed by atoms with E-state index in [-0.39, 0.29) is 16.9 Å². The van der Waals surface area contributed by atoms with Crippen molar-refractivity contribution in [2.24, 2.45) is 5.73 Å². The van der Waals surface area contributed by atoms with Gasteiger partial charge in [-0.15, -0.1) is 11.8 Å². The van der Waals surface area contributed by atoms with Gasteiger partial charge in [0.05, 0.1) is 23.7 Å². The Morgan fingerprint density at radius 2 is 2.00 bits per heavy atom. The Morgan fingerprint density at radius 3 is 2.57 bits per heavy atom. The zero-order valence-corrected chi connectivity index (χ0v) is 13.9. The highest BCUT2D eigenvalue weighted by Crippen LogP contribution is 2.27. The molecule has 8 heteroatoms. The second-order valence-corrected chi connectivity index (χ2v) is 6.28. The smallest absolute Gasteiger partial charge is 0.271 e. The highest BCUT2D eigenvalue weighted by Gasteiger charge is 2.21. The van der Waals surface area contributed by atoms with Crippen molar-refractivity contribution in [2.75, 3.05) is 12.4 Å². The van der Waals surface area contributed by atoms with Gasteiger partial charge in [0.2, 0.25) is 5.91 Å². The first-order valence-electron chi connectivity index (χ1n) is 6.88. The summed E-state index contributed by atoms with van der Waals surface area (Å²) in [5.41, 5.74) is 6.17. The lowest BCUT2D eigenvalue weighted by atomic mass is 10.2. The van der Waals surface area contributed by atoms with Gasteiger partial charge in [-0.05, 0) is 38.1 Å². The van der Waals surface area contributed by atoms with E-state index < -0.39 is 5.91 Å². The number of aryl methyl sites for hydroxylation is 1. The topological polar surface area (TPSA) is 110 Å². The number of H-pyrrole nitrogens is 1. The van der Waals surface area contributed by atoms with Crippen molar-refractivity contribution in [2.45, 2.75) is 24.0 Å². The lowest BCUT2D eigenvalue weighted by Gasteiger charge is -2.12. The molecule has 1 aromatic carbocycles. The maximum absolute atomic E-state index is 12.3. The second-order valence-electron chi connectivity index (χ2n) is 4.86. The van der Waals surface area contributed by atoms with E-state index in [1.807, 2.05) is 24.3 Å². The van der Waals surface area contributed by atoms with Crippen molar-refractivity contribution in [3.63, 3.8) is 0 Å². The predicted octanol–water partition coefficient (Wildman–Crippen LogP) is 1.94. The fourth-order valence-corrected chi connectivity index (χ4v) is 2.76. The Labute approximate surface area is 138 Å². The number of rotatable bonds is 6. The van der Waals surface area contributed by atoms with Crippen molar-refractivity contribution in [3.05, 3.63) is 35.7 Å². The third kappa shape index (κ3) is 4.04. The molecule has 122 valence electrons. The van der Waals surface area contributed by atoms with Gasteiger partial charge in [0.25, 0.3) is 5.91 Å². The molecule has 2 amide bonds. The summed E-state index contributed by atoms with van der Waals surface area (Å²) in [4.78, 5) is 24.6. The summed E-state index contributed by atoms with van der Waals surface area (Å²) >= 11 is 1.40. The molecule has 1 aromatic heterocycles. The SMILES string of the molecule is COc1ccc(SC(C)C(=O)Nc2c(C(N)=O)n[nH]c2C)cc1. The van der Waals surface area contributed by atoms with Crippen LogP contribution in [0.15, 0.2) is 29.2 Å². The minimum atomic E-state index is -0.694. The highest BCUT2D eigenvalue weighted by molar-refractivity contribution is 8.00. The van der Waals surface area contributed by atoms with Crippen LogP contribution in [0.25, 0.3) is 0 Å². The summed E-state index contributed by atoms with van der Waals surface area (Å²) in [6, 6.07) is 7.42. The number of hydrogen-bond acceptors (Lipinski definition) is 5. The number of nitrogens with one attached hydrogen (secondary N) is 2. The Bertz CT molecular complexity index is 712. The van der Waals surface area contributed by atoms with Crippen molar-refractivity contribution >= 4 is 29.3 Å². The predicted molar refractivity (Wildman–Crippen MR) is 88.8 cm³/mol. The number of aromatic nitrogens is 2. The molecule has 1 heterocycles. The van der Waals surface area contributed by atoms with Crippen LogP contribution < -0.4 is 15.8 Å². The first kappa shape index (κ1) is 16.9. The average Bonchev–Trinajstić information content (AvgIpc) is 2.89. The molecule has 0 aliphatic carbocycles. The van der Waals surface area contributed by atoms with Crippen LogP contribution in [0.1, 0.15) is 23.1 Å². The fraction of sp³-hybridized carbons (Fsp3) is 0.267. The first-order chi connectivity index (χ1) is 10.9. The molecule has 2 aromatic rings. The van der Waals surface area contributed by atoms with E-state index >= 15 is 0 Å². The van der Waals surface area contributed by atoms with Gasteiger partial charge in [0.1, 0.15) is 5.75 Å². The molecule has 0 fully saturated rings. The molecule has 7 nitrogen and oxygen atoms in total. The Morgan fingerprint density at radius 1 is 1.35 bits per heavy atom. The minimum absolute atomic E-state index is 0.0255. The van der Waals surface area contributed by atoms with Crippen molar-refractivity contribution in [1.29, 1.82) is 0 Å². The normalized spacial score (nSPS) is 11.8. The molecule has 4 N–H and O–H groups in total. The van der Waals surface area contributed by atoms with E-state index in [2.05, 4.69) is 15.5 Å². The van der Waals surface area contributed by atoms with Crippen molar-refractivity contribution in [3.8, 4) is 5.75 Å². The van der Waals surface area contributed by atoms with Crippen LogP contribution in [-0.4, -0.2) is 34.4 Å². The van der Waals surface area contributed by atoms with E-state index in [1.165, 1.54) is 11.8 Å². The van der Waals surface area contributed by atoms with E-state index in [9.17, 15) is 9.59 Å². The molecule has 0 saturated heterocycles. The van der Waals surface area contributed by atoms with Gasteiger partial charge in [-0.25, -0.2) is 0 Å². The summed E-state index contributed by atoms with van der Waals surface area (Å²) in [6.07, 6.45) is 0. The van der Waals surface area contributed by atoms with Crippen molar-refractivity contribution in [1.82, 2.24) is 10.2 Å². The average molecular weight is 334 g/mol. The Kier molecular flexibility index (Phi) is 5.28. The van der Waals surface area contributed by atoms with Crippen LogP contribution >= 0.6 is 11.8 Å². The number of carbonyl (C=O) groups is 2. The van der Waals surface area contributed by atoms with E-state index in [4.69, 9.17) is 10.5 Å². The number of primary amides is 1. The summed E-state index contributed by atoms with van der Waals surface area (Å²) in [5, 5.41) is 8.78. The maximum atomic E-state index is 12.3. The molecule has 1 unspecified atom stereocenters.